The van der Waals surface area contributed by atoms with Crippen LogP contribution in [0.4, 0.5) is 0 Å². The maximum atomic E-state index is 12.8. The molecule has 5 nitrogen and oxygen atoms in total. The Balaban J connectivity index is 1.31. The number of hydrogen-bond acceptors (Lipinski definition) is 4. The highest BCUT2D eigenvalue weighted by atomic mass is 127. The molecule has 164 valence electrons. The first-order valence-corrected chi connectivity index (χ1v) is 12.9. The summed E-state index contributed by atoms with van der Waals surface area (Å²) in [6, 6.07) is 9.11. The van der Waals surface area contributed by atoms with Gasteiger partial charge in [-0.25, -0.2) is 0 Å². The van der Waals surface area contributed by atoms with Crippen molar-refractivity contribution in [2.24, 2.45) is 28.8 Å². The summed E-state index contributed by atoms with van der Waals surface area (Å²) in [5.41, 5.74) is 1.63. The van der Waals surface area contributed by atoms with Crippen LogP contribution in [0.1, 0.15) is 17.5 Å². The van der Waals surface area contributed by atoms with Gasteiger partial charge in [0.1, 0.15) is 12.4 Å². The number of imide groups is 1. The third-order valence-electron chi connectivity index (χ3n) is 6.18. The molecule has 0 N–H and O–H groups in total. The fourth-order valence-electron chi connectivity index (χ4n) is 4.71. The van der Waals surface area contributed by atoms with Crippen molar-refractivity contribution in [3.05, 3.63) is 70.8 Å². The third kappa shape index (κ3) is 3.99. The van der Waals surface area contributed by atoms with Gasteiger partial charge < -0.3 is 4.74 Å². The quantitative estimate of drug-likeness (QED) is 0.169. The number of fused-ring (bicyclic) bond motifs is 5. The van der Waals surface area contributed by atoms with E-state index < -0.39 is 0 Å². The van der Waals surface area contributed by atoms with E-state index in [-0.39, 0.29) is 35.5 Å². The first kappa shape index (κ1) is 22.6. The summed E-state index contributed by atoms with van der Waals surface area (Å²) >= 11 is 16.6. The lowest BCUT2D eigenvalue weighted by atomic mass is 9.85. The number of carbonyl (C=O) groups is 2. The monoisotopic (exact) mass is 692 g/mol. The summed E-state index contributed by atoms with van der Waals surface area (Å²) in [5.74, 6) is 0.230. The second-order valence-corrected chi connectivity index (χ2v) is 11.2. The number of rotatable bonds is 5. The van der Waals surface area contributed by atoms with E-state index in [9.17, 15) is 9.59 Å². The number of ether oxygens (including phenoxy) is 1. The fraction of sp³-hybridized carbons (Fsp3) is 0.261. The summed E-state index contributed by atoms with van der Waals surface area (Å²) in [5, 5.41) is 6.46. The van der Waals surface area contributed by atoms with E-state index in [0.29, 0.717) is 16.7 Å². The van der Waals surface area contributed by atoms with E-state index >= 15 is 0 Å². The Morgan fingerprint density at radius 2 is 1.66 bits per heavy atom. The minimum atomic E-state index is -0.245. The van der Waals surface area contributed by atoms with Crippen LogP contribution >= 0.6 is 68.4 Å². The molecule has 0 radical (unpaired) electrons. The zero-order valence-electron chi connectivity index (χ0n) is 16.5. The van der Waals surface area contributed by atoms with Crippen LogP contribution in [0.15, 0.2) is 47.6 Å². The van der Waals surface area contributed by atoms with Gasteiger partial charge in [0.05, 0.1) is 25.2 Å². The Labute approximate surface area is 222 Å². The number of benzene rings is 2. The Bertz CT molecular complexity index is 1150. The molecule has 2 fully saturated rings. The third-order valence-corrected chi connectivity index (χ3v) is 8.37. The highest BCUT2D eigenvalue weighted by Gasteiger charge is 2.59. The summed E-state index contributed by atoms with van der Waals surface area (Å²) < 4.78 is 7.79. The van der Waals surface area contributed by atoms with Crippen LogP contribution < -0.4 is 4.74 Å². The van der Waals surface area contributed by atoms with Crippen molar-refractivity contribution in [3.8, 4) is 5.75 Å². The SMILES string of the molecule is O=C1[C@@H]2[C@@H](C(=O)N1/N=C\c1cc(I)c(OCc3ccc(Cl)cc3Cl)c(I)c1)[C@H]1C=C[C@H]2C1. The standard InChI is InChI=1S/C23H16Cl2I2N2O3/c24-15-4-3-14(16(25)8-15)10-32-21-17(26)5-11(6-18(21)27)9-28-29-22(30)19-12-1-2-13(7-12)20(19)23(29)31/h1-6,8-9,12-13,19-20H,7,10H2/b28-9-/t12-,13-,19-,20-/m0/s1. The summed E-state index contributed by atoms with van der Waals surface area (Å²) in [6.07, 6.45) is 6.62. The highest BCUT2D eigenvalue weighted by molar-refractivity contribution is 14.1. The summed E-state index contributed by atoms with van der Waals surface area (Å²) in [4.78, 5) is 25.6. The van der Waals surface area contributed by atoms with Crippen LogP contribution in [-0.4, -0.2) is 23.0 Å². The van der Waals surface area contributed by atoms with Crippen molar-refractivity contribution >= 4 is 86.4 Å². The predicted molar refractivity (Wildman–Crippen MR) is 140 cm³/mol. The van der Waals surface area contributed by atoms with E-state index in [1.807, 2.05) is 18.2 Å². The lowest BCUT2D eigenvalue weighted by Gasteiger charge is -2.13. The van der Waals surface area contributed by atoms with Crippen molar-refractivity contribution in [1.82, 2.24) is 5.01 Å². The van der Waals surface area contributed by atoms with Gasteiger partial charge in [-0.2, -0.15) is 10.1 Å². The molecular formula is C23H16Cl2I2N2O3. The molecule has 1 heterocycles. The van der Waals surface area contributed by atoms with Crippen molar-refractivity contribution in [1.29, 1.82) is 0 Å². The molecule has 32 heavy (non-hydrogen) atoms. The molecular weight excluding hydrogens is 677 g/mol. The molecule has 2 aliphatic carbocycles. The molecule has 2 bridgehead atoms. The average molecular weight is 693 g/mol. The van der Waals surface area contributed by atoms with Gasteiger partial charge >= 0.3 is 0 Å². The van der Waals surface area contributed by atoms with Crippen molar-refractivity contribution in [3.63, 3.8) is 0 Å². The molecule has 1 saturated heterocycles. The Hall–Kier alpha value is -1.17. The van der Waals surface area contributed by atoms with Gasteiger partial charge in [0.15, 0.2) is 0 Å². The molecule has 0 spiro atoms. The average Bonchev–Trinajstić information content (AvgIpc) is 3.42. The number of amides is 2. The molecule has 5 rings (SSSR count). The lowest BCUT2D eigenvalue weighted by molar-refractivity contribution is -0.140. The van der Waals surface area contributed by atoms with Crippen LogP contribution in [0.25, 0.3) is 0 Å². The van der Waals surface area contributed by atoms with Crippen LogP contribution in [0.5, 0.6) is 5.75 Å². The molecule has 4 atom stereocenters. The predicted octanol–water partition coefficient (Wildman–Crippen LogP) is 5.92. The number of nitrogens with zero attached hydrogens (tertiary/aromatic N) is 2. The minimum absolute atomic E-state index is 0.175. The summed E-state index contributed by atoms with van der Waals surface area (Å²) in [7, 11) is 0. The summed E-state index contributed by atoms with van der Waals surface area (Å²) in [6.45, 7) is 0.311. The zero-order valence-corrected chi connectivity index (χ0v) is 22.3. The Morgan fingerprint density at radius 1 is 1.03 bits per heavy atom. The van der Waals surface area contributed by atoms with Crippen molar-refractivity contribution in [2.45, 2.75) is 13.0 Å². The number of carbonyl (C=O) groups excluding carboxylic acids is 2. The second-order valence-electron chi connectivity index (χ2n) is 8.07. The largest absolute Gasteiger partial charge is 0.487 e. The maximum Gasteiger partial charge on any atom is 0.254 e. The van der Waals surface area contributed by atoms with Crippen LogP contribution in [0.3, 0.4) is 0 Å². The van der Waals surface area contributed by atoms with Crippen molar-refractivity contribution in [2.75, 3.05) is 0 Å². The number of halogens is 4. The molecule has 3 aliphatic rings. The van der Waals surface area contributed by atoms with Gasteiger partial charge in [-0.3, -0.25) is 9.59 Å². The number of allylic oxidation sites excluding steroid dienone is 2. The van der Waals surface area contributed by atoms with Crippen molar-refractivity contribution < 1.29 is 14.3 Å². The minimum Gasteiger partial charge on any atom is -0.487 e. The molecule has 2 amide bonds. The van der Waals surface area contributed by atoms with Gasteiger partial charge in [0.25, 0.3) is 11.8 Å². The van der Waals surface area contributed by atoms with Crippen LogP contribution in [0, 0.1) is 30.8 Å². The molecule has 2 aromatic carbocycles. The van der Waals surface area contributed by atoms with Gasteiger partial charge in [-0.15, -0.1) is 0 Å². The van der Waals surface area contributed by atoms with Gasteiger partial charge in [-0.05, 0) is 93.3 Å². The molecule has 1 aliphatic heterocycles. The topological polar surface area (TPSA) is 59.0 Å². The van der Waals surface area contributed by atoms with Gasteiger partial charge in [-0.1, -0.05) is 41.4 Å². The van der Waals surface area contributed by atoms with E-state index in [1.54, 1.807) is 18.3 Å². The number of hydrogen-bond donors (Lipinski definition) is 0. The molecule has 1 saturated carbocycles. The van der Waals surface area contributed by atoms with E-state index in [1.165, 1.54) is 0 Å². The first-order chi connectivity index (χ1) is 15.3. The van der Waals surface area contributed by atoms with E-state index in [0.717, 1.165) is 35.4 Å². The van der Waals surface area contributed by atoms with Gasteiger partial charge in [0, 0.05) is 15.6 Å². The van der Waals surface area contributed by atoms with Crippen LogP contribution in [0.2, 0.25) is 10.0 Å². The lowest BCUT2D eigenvalue weighted by Crippen LogP contribution is -2.28. The smallest absolute Gasteiger partial charge is 0.254 e. The molecule has 9 heteroatoms. The Kier molecular flexibility index (Phi) is 6.28. The number of hydrazone groups is 1. The molecule has 0 unspecified atom stereocenters. The van der Waals surface area contributed by atoms with Crippen LogP contribution in [-0.2, 0) is 16.2 Å². The highest BCUT2D eigenvalue weighted by Crippen LogP contribution is 2.52. The fourth-order valence-corrected chi connectivity index (χ4v) is 7.30. The Morgan fingerprint density at radius 3 is 2.25 bits per heavy atom. The zero-order chi connectivity index (χ0) is 22.6. The van der Waals surface area contributed by atoms with Gasteiger partial charge in [0.2, 0.25) is 0 Å². The van der Waals surface area contributed by atoms with E-state index in [4.69, 9.17) is 27.9 Å². The second kappa shape index (κ2) is 8.88. The maximum absolute atomic E-state index is 12.8. The normalized spacial score (nSPS) is 25.9. The van der Waals surface area contributed by atoms with E-state index in [2.05, 4.69) is 62.4 Å². The first-order valence-electron chi connectivity index (χ1n) is 9.99. The molecule has 0 aromatic heterocycles. The molecule has 2 aromatic rings.